The highest BCUT2D eigenvalue weighted by Crippen LogP contribution is 2.19. The maximum absolute atomic E-state index is 12.9. The van der Waals surface area contributed by atoms with Crippen molar-refractivity contribution in [3.8, 4) is 0 Å². The van der Waals surface area contributed by atoms with Crippen molar-refractivity contribution in [1.82, 2.24) is 10.6 Å². The Bertz CT molecular complexity index is 894. The summed E-state index contributed by atoms with van der Waals surface area (Å²) in [5.74, 6) is -0.388. The van der Waals surface area contributed by atoms with E-state index in [0.717, 1.165) is 30.2 Å². The second-order valence-corrected chi connectivity index (χ2v) is 7.21. The summed E-state index contributed by atoms with van der Waals surface area (Å²) in [5, 5.41) is 11.1. The number of halogens is 1. The SMILES string of the molecule is Cl.NC(N)=NCCC[C@H](NC(=O)[C@@H]1CCCN1)C(=O)Nc1ccc2ccccc2c1. The van der Waals surface area contributed by atoms with Gasteiger partial charge in [-0.2, -0.15) is 0 Å². The molecule has 1 fully saturated rings. The van der Waals surface area contributed by atoms with Gasteiger partial charge in [-0.3, -0.25) is 14.6 Å². The van der Waals surface area contributed by atoms with Crippen LogP contribution in [0.4, 0.5) is 5.69 Å². The predicted octanol–water partition coefficient (Wildman–Crippen LogP) is 1.49. The number of rotatable bonds is 8. The van der Waals surface area contributed by atoms with Crippen molar-refractivity contribution in [2.45, 2.75) is 37.8 Å². The average molecular weight is 433 g/mol. The summed E-state index contributed by atoms with van der Waals surface area (Å²) >= 11 is 0. The molecule has 0 bridgehead atoms. The largest absolute Gasteiger partial charge is 0.370 e. The lowest BCUT2D eigenvalue weighted by Gasteiger charge is -2.20. The summed E-state index contributed by atoms with van der Waals surface area (Å²) < 4.78 is 0. The van der Waals surface area contributed by atoms with Crippen LogP contribution in [0.5, 0.6) is 0 Å². The number of guanidine groups is 1. The van der Waals surface area contributed by atoms with Crippen LogP contribution in [0.3, 0.4) is 0 Å². The number of amides is 2. The van der Waals surface area contributed by atoms with Crippen molar-refractivity contribution in [3.05, 3.63) is 42.5 Å². The van der Waals surface area contributed by atoms with Gasteiger partial charge in [-0.1, -0.05) is 30.3 Å². The molecule has 0 spiro atoms. The molecule has 2 atom stereocenters. The number of nitrogens with one attached hydrogen (secondary N) is 3. The Kier molecular flexibility index (Phi) is 8.89. The van der Waals surface area contributed by atoms with E-state index in [4.69, 9.17) is 11.5 Å². The number of hydrogen-bond acceptors (Lipinski definition) is 4. The number of fused-ring (bicyclic) bond motifs is 1. The zero-order valence-electron chi connectivity index (χ0n) is 16.8. The fourth-order valence-corrected chi connectivity index (χ4v) is 3.45. The molecule has 9 heteroatoms. The van der Waals surface area contributed by atoms with Crippen LogP contribution in [0.1, 0.15) is 25.7 Å². The standard InChI is InChI=1S/C21H28N6O2.ClH/c22-21(23)25-12-4-8-18(27-19(28)17-7-3-11-24-17)20(29)26-16-10-9-14-5-1-2-6-15(14)13-16;/h1-2,5-6,9-10,13,17-18,24H,3-4,7-8,11-12H2,(H,26,29)(H,27,28)(H4,22,23,25);1H/t17-,18-;/m0./s1. The predicted molar refractivity (Wildman–Crippen MR) is 123 cm³/mol. The molecule has 2 aromatic carbocycles. The highest BCUT2D eigenvalue weighted by molar-refractivity contribution is 5.99. The summed E-state index contributed by atoms with van der Waals surface area (Å²) in [6, 6.07) is 12.8. The monoisotopic (exact) mass is 432 g/mol. The van der Waals surface area contributed by atoms with E-state index in [9.17, 15) is 9.59 Å². The topological polar surface area (TPSA) is 135 Å². The van der Waals surface area contributed by atoms with E-state index >= 15 is 0 Å². The van der Waals surface area contributed by atoms with E-state index in [0.29, 0.717) is 25.1 Å². The van der Waals surface area contributed by atoms with Gasteiger partial charge in [0.05, 0.1) is 6.04 Å². The van der Waals surface area contributed by atoms with Crippen molar-refractivity contribution in [2.24, 2.45) is 16.5 Å². The van der Waals surface area contributed by atoms with Gasteiger partial charge in [-0.25, -0.2) is 0 Å². The maximum atomic E-state index is 12.9. The van der Waals surface area contributed by atoms with Crippen molar-refractivity contribution >= 4 is 46.6 Å². The van der Waals surface area contributed by atoms with Crippen molar-refractivity contribution in [1.29, 1.82) is 0 Å². The summed E-state index contributed by atoms with van der Waals surface area (Å²) in [5.41, 5.74) is 11.4. The highest BCUT2D eigenvalue weighted by atomic mass is 35.5. The molecule has 0 radical (unpaired) electrons. The summed E-state index contributed by atoms with van der Waals surface area (Å²) in [4.78, 5) is 29.3. The molecule has 0 unspecified atom stereocenters. The molecule has 30 heavy (non-hydrogen) atoms. The van der Waals surface area contributed by atoms with Gasteiger partial charge >= 0.3 is 0 Å². The second-order valence-electron chi connectivity index (χ2n) is 7.21. The van der Waals surface area contributed by atoms with E-state index in [1.54, 1.807) is 0 Å². The fraction of sp³-hybridized carbons (Fsp3) is 0.381. The first kappa shape index (κ1) is 23.4. The highest BCUT2D eigenvalue weighted by Gasteiger charge is 2.27. The van der Waals surface area contributed by atoms with Crippen LogP contribution in [0.2, 0.25) is 0 Å². The second kappa shape index (κ2) is 11.4. The van der Waals surface area contributed by atoms with Gasteiger partial charge < -0.3 is 27.4 Å². The lowest BCUT2D eigenvalue weighted by atomic mass is 10.1. The van der Waals surface area contributed by atoms with Crippen LogP contribution in [-0.4, -0.2) is 42.9 Å². The lowest BCUT2D eigenvalue weighted by molar-refractivity contribution is -0.127. The molecule has 162 valence electrons. The Balaban J connectivity index is 0.00000320. The van der Waals surface area contributed by atoms with E-state index < -0.39 is 6.04 Å². The fourth-order valence-electron chi connectivity index (χ4n) is 3.45. The van der Waals surface area contributed by atoms with Gasteiger partial charge in [0.25, 0.3) is 0 Å². The molecule has 2 amide bonds. The van der Waals surface area contributed by atoms with Crippen LogP contribution in [0.25, 0.3) is 10.8 Å². The third-order valence-corrected chi connectivity index (χ3v) is 4.97. The Morgan fingerprint density at radius 2 is 1.93 bits per heavy atom. The number of benzene rings is 2. The van der Waals surface area contributed by atoms with Gasteiger partial charge in [0.1, 0.15) is 6.04 Å². The Hall–Kier alpha value is -2.84. The molecule has 1 aliphatic heterocycles. The van der Waals surface area contributed by atoms with E-state index in [1.807, 2.05) is 42.5 Å². The minimum atomic E-state index is -0.662. The first-order valence-corrected chi connectivity index (χ1v) is 9.92. The van der Waals surface area contributed by atoms with Crippen LogP contribution >= 0.6 is 12.4 Å². The average Bonchev–Trinajstić information content (AvgIpc) is 3.25. The van der Waals surface area contributed by atoms with Gasteiger partial charge in [0, 0.05) is 12.2 Å². The van der Waals surface area contributed by atoms with Crippen LogP contribution in [0.15, 0.2) is 47.5 Å². The number of nitrogens with zero attached hydrogens (tertiary/aromatic N) is 1. The number of nitrogens with two attached hydrogens (primary N) is 2. The minimum absolute atomic E-state index is 0. The Morgan fingerprint density at radius 3 is 2.63 bits per heavy atom. The molecule has 1 heterocycles. The molecule has 7 N–H and O–H groups in total. The lowest BCUT2D eigenvalue weighted by Crippen LogP contribution is -2.49. The van der Waals surface area contributed by atoms with Gasteiger partial charge in [-0.15, -0.1) is 12.4 Å². The third-order valence-electron chi connectivity index (χ3n) is 4.97. The van der Waals surface area contributed by atoms with Crippen LogP contribution < -0.4 is 27.4 Å². The molecule has 8 nitrogen and oxygen atoms in total. The zero-order valence-corrected chi connectivity index (χ0v) is 17.6. The number of carbonyl (C=O) groups is 2. The number of hydrogen-bond donors (Lipinski definition) is 5. The molecule has 0 aromatic heterocycles. The molecular weight excluding hydrogens is 404 g/mol. The van der Waals surface area contributed by atoms with Crippen molar-refractivity contribution < 1.29 is 9.59 Å². The molecule has 2 aromatic rings. The molecule has 3 rings (SSSR count). The zero-order chi connectivity index (χ0) is 20.6. The van der Waals surface area contributed by atoms with E-state index in [1.165, 1.54) is 0 Å². The van der Waals surface area contributed by atoms with E-state index in [-0.39, 0.29) is 36.2 Å². The molecule has 1 aliphatic rings. The number of anilines is 1. The summed E-state index contributed by atoms with van der Waals surface area (Å²) in [6.07, 6.45) is 2.75. The Labute approximate surface area is 182 Å². The first-order chi connectivity index (χ1) is 14.0. The number of aliphatic imine (C=N–C) groups is 1. The summed E-state index contributed by atoms with van der Waals surface area (Å²) in [6.45, 7) is 1.22. The van der Waals surface area contributed by atoms with Gasteiger partial charge in [0.15, 0.2) is 5.96 Å². The minimum Gasteiger partial charge on any atom is -0.370 e. The molecule has 1 saturated heterocycles. The van der Waals surface area contributed by atoms with Crippen LogP contribution in [-0.2, 0) is 9.59 Å². The van der Waals surface area contributed by atoms with E-state index in [2.05, 4.69) is 20.9 Å². The third kappa shape index (κ3) is 6.60. The quantitative estimate of drug-likeness (QED) is 0.245. The van der Waals surface area contributed by atoms with Gasteiger partial charge in [0.2, 0.25) is 11.8 Å². The normalized spacial score (nSPS) is 16.3. The van der Waals surface area contributed by atoms with Crippen molar-refractivity contribution in [2.75, 3.05) is 18.4 Å². The van der Waals surface area contributed by atoms with Crippen molar-refractivity contribution in [3.63, 3.8) is 0 Å². The Morgan fingerprint density at radius 1 is 1.17 bits per heavy atom. The first-order valence-electron chi connectivity index (χ1n) is 9.92. The molecular formula is C21H29ClN6O2. The molecule has 0 saturated carbocycles. The number of carbonyl (C=O) groups excluding carboxylic acids is 2. The summed E-state index contributed by atoms with van der Waals surface area (Å²) in [7, 11) is 0. The van der Waals surface area contributed by atoms with Crippen LogP contribution in [0, 0.1) is 0 Å². The maximum Gasteiger partial charge on any atom is 0.246 e. The smallest absolute Gasteiger partial charge is 0.246 e. The van der Waals surface area contributed by atoms with Gasteiger partial charge in [-0.05, 0) is 55.1 Å². The molecule has 0 aliphatic carbocycles.